The number of rotatable bonds is 3. The predicted molar refractivity (Wildman–Crippen MR) is 68.3 cm³/mol. The third kappa shape index (κ3) is 2.08. The molecule has 0 bridgehead atoms. The van der Waals surface area contributed by atoms with Gasteiger partial charge in [-0.15, -0.1) is 11.8 Å². The maximum absolute atomic E-state index is 12.0. The molecule has 0 saturated carbocycles. The molecule has 0 unspecified atom stereocenters. The van der Waals surface area contributed by atoms with Gasteiger partial charge in [0.2, 0.25) is 0 Å². The minimum Gasteiger partial charge on any atom is -0.462 e. The van der Waals surface area contributed by atoms with Gasteiger partial charge in [-0.25, -0.2) is 9.78 Å². The molecule has 2 rings (SSSR count). The van der Waals surface area contributed by atoms with E-state index in [9.17, 15) is 9.59 Å². The molecule has 0 amide bonds. The number of aromatic amines is 1. The number of carbonyl (C=O) groups excluding carboxylic acids is 1. The summed E-state index contributed by atoms with van der Waals surface area (Å²) in [6, 6.07) is 1.82. The van der Waals surface area contributed by atoms with Crippen molar-refractivity contribution in [2.24, 2.45) is 0 Å². The largest absolute Gasteiger partial charge is 0.462 e. The van der Waals surface area contributed by atoms with E-state index in [4.69, 9.17) is 10.00 Å². The number of carbonyl (C=O) groups is 1. The number of esters is 1. The number of aromatic nitrogens is 3. The van der Waals surface area contributed by atoms with Crippen LogP contribution in [-0.2, 0) is 4.74 Å². The Labute approximate surface area is 112 Å². The molecule has 2 aromatic heterocycles. The van der Waals surface area contributed by atoms with E-state index in [-0.39, 0.29) is 28.4 Å². The molecule has 0 radical (unpaired) electrons. The summed E-state index contributed by atoms with van der Waals surface area (Å²) in [4.78, 5) is 27.9. The van der Waals surface area contributed by atoms with Gasteiger partial charge in [-0.05, 0) is 13.2 Å². The lowest BCUT2D eigenvalue weighted by molar-refractivity contribution is 0.0528. The lowest BCUT2D eigenvalue weighted by Crippen LogP contribution is -2.20. The molecule has 2 heterocycles. The maximum Gasteiger partial charge on any atom is 0.343 e. The number of hydrogen-bond donors (Lipinski definition) is 1. The number of nitriles is 1. The molecular formula is C11H10N4O3S. The van der Waals surface area contributed by atoms with E-state index in [2.05, 4.69) is 10.1 Å². The normalized spacial score (nSPS) is 10.4. The van der Waals surface area contributed by atoms with Crippen LogP contribution in [0.15, 0.2) is 16.0 Å². The van der Waals surface area contributed by atoms with Crippen LogP contribution in [0.4, 0.5) is 0 Å². The topological polar surface area (TPSA) is 100 Å². The number of ether oxygens (including phenoxy) is 1. The highest BCUT2D eigenvalue weighted by atomic mass is 32.2. The van der Waals surface area contributed by atoms with Crippen molar-refractivity contribution in [3.05, 3.63) is 27.7 Å². The first-order valence-corrected chi connectivity index (χ1v) is 6.61. The second kappa shape index (κ2) is 5.16. The summed E-state index contributed by atoms with van der Waals surface area (Å²) in [5, 5.41) is 11.9. The smallest absolute Gasteiger partial charge is 0.343 e. The van der Waals surface area contributed by atoms with Crippen LogP contribution in [0.2, 0.25) is 0 Å². The van der Waals surface area contributed by atoms with E-state index in [1.165, 1.54) is 18.0 Å². The molecule has 0 fully saturated rings. The van der Waals surface area contributed by atoms with Crippen LogP contribution in [0.3, 0.4) is 0 Å². The van der Waals surface area contributed by atoms with Crippen molar-refractivity contribution in [3.63, 3.8) is 0 Å². The zero-order valence-corrected chi connectivity index (χ0v) is 11.1. The SMILES string of the molecule is CCOC(=O)c1c[nH]n2c(=O)c(C#N)c(SC)nc12. The maximum atomic E-state index is 12.0. The van der Waals surface area contributed by atoms with Gasteiger partial charge >= 0.3 is 5.97 Å². The first-order chi connectivity index (χ1) is 9.13. The molecule has 8 heteroatoms. The summed E-state index contributed by atoms with van der Waals surface area (Å²) in [5.74, 6) is -0.565. The standard InChI is InChI=1S/C11H10N4O3S/c1-3-18-11(17)7-5-13-15-8(7)14-9(19-2)6(4-12)10(15)16/h5,13H,3H2,1-2H3. The monoisotopic (exact) mass is 278 g/mol. The molecule has 0 saturated heterocycles. The first kappa shape index (κ1) is 13.2. The Kier molecular flexibility index (Phi) is 3.57. The number of nitrogens with one attached hydrogen (secondary N) is 1. The second-order valence-corrected chi connectivity index (χ2v) is 4.27. The van der Waals surface area contributed by atoms with E-state index >= 15 is 0 Å². The van der Waals surface area contributed by atoms with Gasteiger partial charge in [0.05, 0.1) is 6.61 Å². The fourth-order valence-corrected chi connectivity index (χ4v) is 2.11. The van der Waals surface area contributed by atoms with Gasteiger partial charge in [0.1, 0.15) is 16.7 Å². The average molecular weight is 278 g/mol. The highest BCUT2D eigenvalue weighted by Crippen LogP contribution is 2.17. The Bertz CT molecular complexity index is 741. The average Bonchev–Trinajstić information content (AvgIpc) is 2.82. The van der Waals surface area contributed by atoms with Crippen LogP contribution >= 0.6 is 11.8 Å². The van der Waals surface area contributed by atoms with Crippen LogP contribution in [0.5, 0.6) is 0 Å². The molecule has 19 heavy (non-hydrogen) atoms. The molecule has 98 valence electrons. The van der Waals surface area contributed by atoms with E-state index in [1.807, 2.05) is 6.07 Å². The Morgan fingerprint density at radius 1 is 1.68 bits per heavy atom. The van der Waals surface area contributed by atoms with E-state index < -0.39 is 11.5 Å². The molecular weight excluding hydrogens is 268 g/mol. The zero-order chi connectivity index (χ0) is 14.0. The number of thioether (sulfide) groups is 1. The van der Waals surface area contributed by atoms with Crippen molar-refractivity contribution in [1.82, 2.24) is 14.6 Å². The minimum absolute atomic E-state index is 0.0535. The summed E-state index contributed by atoms with van der Waals surface area (Å²) < 4.78 is 5.94. The Morgan fingerprint density at radius 2 is 2.42 bits per heavy atom. The van der Waals surface area contributed by atoms with Gasteiger partial charge in [0.15, 0.2) is 11.2 Å². The van der Waals surface area contributed by atoms with Crippen molar-refractivity contribution in [3.8, 4) is 6.07 Å². The fraction of sp³-hybridized carbons (Fsp3) is 0.273. The lowest BCUT2D eigenvalue weighted by Gasteiger charge is -2.02. The second-order valence-electron chi connectivity index (χ2n) is 3.48. The van der Waals surface area contributed by atoms with Gasteiger partial charge in [-0.3, -0.25) is 9.89 Å². The minimum atomic E-state index is -0.565. The molecule has 0 aliphatic heterocycles. The van der Waals surface area contributed by atoms with E-state index in [0.29, 0.717) is 0 Å². The van der Waals surface area contributed by atoms with Gasteiger partial charge in [-0.1, -0.05) is 0 Å². The lowest BCUT2D eigenvalue weighted by atomic mass is 10.3. The molecule has 2 aromatic rings. The molecule has 0 spiro atoms. The molecule has 0 aliphatic rings. The summed E-state index contributed by atoms with van der Waals surface area (Å²) >= 11 is 1.17. The highest BCUT2D eigenvalue weighted by molar-refractivity contribution is 7.98. The Morgan fingerprint density at radius 3 is 3.00 bits per heavy atom. The zero-order valence-electron chi connectivity index (χ0n) is 10.3. The number of H-pyrrole nitrogens is 1. The number of fused-ring (bicyclic) bond motifs is 1. The quantitative estimate of drug-likeness (QED) is 0.506. The molecule has 0 aliphatic carbocycles. The van der Waals surface area contributed by atoms with Crippen molar-refractivity contribution in [2.75, 3.05) is 12.9 Å². The fourth-order valence-electron chi connectivity index (χ4n) is 1.60. The van der Waals surface area contributed by atoms with Crippen molar-refractivity contribution in [1.29, 1.82) is 5.26 Å². The predicted octanol–water partition coefficient (Wildman–Crippen LogP) is 0.793. The van der Waals surface area contributed by atoms with Crippen LogP contribution in [0.1, 0.15) is 22.8 Å². The van der Waals surface area contributed by atoms with Gasteiger partial charge < -0.3 is 4.74 Å². The Hall–Kier alpha value is -2.27. The highest BCUT2D eigenvalue weighted by Gasteiger charge is 2.19. The summed E-state index contributed by atoms with van der Waals surface area (Å²) in [5.41, 5.74) is -0.264. The van der Waals surface area contributed by atoms with Gasteiger partial charge in [-0.2, -0.15) is 9.78 Å². The van der Waals surface area contributed by atoms with Crippen molar-refractivity contribution >= 4 is 23.4 Å². The molecule has 0 atom stereocenters. The van der Waals surface area contributed by atoms with E-state index in [0.717, 1.165) is 4.52 Å². The van der Waals surface area contributed by atoms with Gasteiger partial charge in [0, 0.05) is 6.20 Å². The summed E-state index contributed by atoms with van der Waals surface area (Å²) in [7, 11) is 0. The Balaban J connectivity index is 2.75. The van der Waals surface area contributed by atoms with Crippen LogP contribution in [0, 0.1) is 11.3 Å². The number of hydrogen-bond acceptors (Lipinski definition) is 6. The first-order valence-electron chi connectivity index (χ1n) is 5.39. The van der Waals surface area contributed by atoms with Crippen LogP contribution in [-0.4, -0.2) is 33.4 Å². The van der Waals surface area contributed by atoms with Gasteiger partial charge in [0.25, 0.3) is 5.56 Å². The summed E-state index contributed by atoms with van der Waals surface area (Å²) in [6.45, 7) is 1.92. The third-order valence-electron chi connectivity index (χ3n) is 2.43. The molecule has 0 aromatic carbocycles. The van der Waals surface area contributed by atoms with Crippen molar-refractivity contribution < 1.29 is 9.53 Å². The molecule has 7 nitrogen and oxygen atoms in total. The summed E-state index contributed by atoms with van der Waals surface area (Å²) in [6.07, 6.45) is 3.04. The number of nitrogens with zero attached hydrogens (tertiary/aromatic N) is 3. The van der Waals surface area contributed by atoms with E-state index in [1.54, 1.807) is 13.2 Å². The van der Waals surface area contributed by atoms with Crippen LogP contribution in [0.25, 0.3) is 5.65 Å². The third-order valence-corrected chi connectivity index (χ3v) is 3.11. The van der Waals surface area contributed by atoms with Crippen LogP contribution < -0.4 is 5.56 Å². The molecule has 1 N–H and O–H groups in total. The van der Waals surface area contributed by atoms with Crippen molar-refractivity contribution in [2.45, 2.75) is 11.9 Å².